The van der Waals surface area contributed by atoms with Crippen molar-refractivity contribution in [2.24, 2.45) is 0 Å². The highest BCUT2D eigenvalue weighted by Gasteiger charge is 2.20. The van der Waals surface area contributed by atoms with Gasteiger partial charge >= 0.3 is 0 Å². The minimum atomic E-state index is -0.0259. The number of aromatic nitrogens is 1. The summed E-state index contributed by atoms with van der Waals surface area (Å²) >= 11 is 0. The van der Waals surface area contributed by atoms with Gasteiger partial charge in [0.15, 0.2) is 0 Å². The summed E-state index contributed by atoms with van der Waals surface area (Å²) in [7, 11) is 3.88. The summed E-state index contributed by atoms with van der Waals surface area (Å²) in [6, 6.07) is 1.99. The lowest BCUT2D eigenvalue weighted by atomic mass is 10.1. The largest absolute Gasteiger partial charge is 0.386 e. The average molecular weight is 248 g/mol. The van der Waals surface area contributed by atoms with Crippen LogP contribution in [0.25, 0.3) is 0 Å². The van der Waals surface area contributed by atoms with Crippen molar-refractivity contribution in [3.63, 3.8) is 0 Å². The molecule has 1 amide bonds. The molecule has 0 spiro atoms. The van der Waals surface area contributed by atoms with E-state index in [1.165, 1.54) is 0 Å². The van der Waals surface area contributed by atoms with Gasteiger partial charge in [0.2, 0.25) is 0 Å². The maximum absolute atomic E-state index is 12.2. The van der Waals surface area contributed by atoms with E-state index in [2.05, 4.69) is 27.6 Å². The number of amides is 1. The number of nitrogens with one attached hydrogen (secondary N) is 2. The average Bonchev–Trinajstić information content (AvgIpc) is 2.38. The van der Waals surface area contributed by atoms with E-state index in [1.807, 2.05) is 0 Å². The molecule has 1 aromatic heterocycles. The zero-order valence-electron chi connectivity index (χ0n) is 10.9. The zero-order valence-corrected chi connectivity index (χ0v) is 10.9. The molecule has 1 unspecified atom stereocenters. The molecule has 18 heavy (non-hydrogen) atoms. The predicted molar refractivity (Wildman–Crippen MR) is 71.8 cm³/mol. The van der Waals surface area contributed by atoms with Crippen LogP contribution in [0.2, 0.25) is 0 Å². The minimum absolute atomic E-state index is 0.0259. The second kappa shape index (κ2) is 5.82. The number of likely N-dealkylation sites (N-methyl/N-ethyl adjacent to an activating group) is 1. The molecule has 2 N–H and O–H groups in total. The first-order chi connectivity index (χ1) is 8.70. The highest BCUT2D eigenvalue weighted by Crippen LogP contribution is 2.14. The number of rotatable bonds is 3. The number of nitrogens with zero attached hydrogens (tertiary/aromatic N) is 2. The second-order valence-electron chi connectivity index (χ2n) is 4.75. The van der Waals surface area contributed by atoms with Crippen LogP contribution in [0.1, 0.15) is 23.2 Å². The number of likely N-dealkylation sites (tertiary alicyclic amines) is 1. The van der Waals surface area contributed by atoms with Gasteiger partial charge in [-0.05, 0) is 32.5 Å². The van der Waals surface area contributed by atoms with Gasteiger partial charge in [0.05, 0.1) is 17.4 Å². The van der Waals surface area contributed by atoms with Gasteiger partial charge in [-0.1, -0.05) is 0 Å². The molecule has 2 rings (SSSR count). The molecule has 1 saturated heterocycles. The normalized spacial score (nSPS) is 20.4. The van der Waals surface area contributed by atoms with Crippen LogP contribution < -0.4 is 10.6 Å². The highest BCUT2D eigenvalue weighted by molar-refractivity contribution is 5.99. The molecule has 5 nitrogen and oxygen atoms in total. The van der Waals surface area contributed by atoms with Crippen LogP contribution in [0.5, 0.6) is 0 Å². The van der Waals surface area contributed by atoms with Gasteiger partial charge in [-0.25, -0.2) is 0 Å². The Labute approximate surface area is 108 Å². The Balaban J connectivity index is 2.03. The van der Waals surface area contributed by atoms with Crippen LogP contribution in [-0.4, -0.2) is 49.0 Å². The monoisotopic (exact) mass is 248 g/mol. The first-order valence-electron chi connectivity index (χ1n) is 6.32. The van der Waals surface area contributed by atoms with Crippen LogP contribution in [0.4, 0.5) is 5.69 Å². The van der Waals surface area contributed by atoms with Gasteiger partial charge in [-0.3, -0.25) is 9.78 Å². The highest BCUT2D eigenvalue weighted by atomic mass is 16.1. The van der Waals surface area contributed by atoms with Crippen molar-refractivity contribution in [1.29, 1.82) is 0 Å². The van der Waals surface area contributed by atoms with Crippen LogP contribution in [-0.2, 0) is 0 Å². The summed E-state index contributed by atoms with van der Waals surface area (Å²) in [5.74, 6) is -0.0259. The molecule has 0 radical (unpaired) electrons. The van der Waals surface area contributed by atoms with Crippen LogP contribution in [0.3, 0.4) is 0 Å². The lowest BCUT2D eigenvalue weighted by Crippen LogP contribution is -2.46. The fourth-order valence-corrected chi connectivity index (χ4v) is 2.34. The molecule has 0 aromatic carbocycles. The molecule has 0 bridgehead atoms. The molecule has 1 aliphatic heterocycles. The molecular formula is C13H20N4O. The summed E-state index contributed by atoms with van der Waals surface area (Å²) in [6.45, 7) is 2.04. The van der Waals surface area contributed by atoms with E-state index < -0.39 is 0 Å². The molecule has 2 heterocycles. The first-order valence-corrected chi connectivity index (χ1v) is 6.32. The van der Waals surface area contributed by atoms with Crippen molar-refractivity contribution in [2.75, 3.05) is 32.5 Å². The van der Waals surface area contributed by atoms with Crippen molar-refractivity contribution < 1.29 is 4.79 Å². The number of carbonyl (C=O) groups excluding carboxylic acids is 1. The van der Waals surface area contributed by atoms with E-state index in [9.17, 15) is 4.79 Å². The van der Waals surface area contributed by atoms with E-state index in [0.717, 1.165) is 31.6 Å². The molecule has 0 saturated carbocycles. The van der Waals surface area contributed by atoms with Gasteiger partial charge in [-0.15, -0.1) is 0 Å². The molecule has 5 heteroatoms. The van der Waals surface area contributed by atoms with Gasteiger partial charge in [0.1, 0.15) is 0 Å². The molecule has 1 aromatic rings. The number of anilines is 1. The summed E-state index contributed by atoms with van der Waals surface area (Å²) in [5.41, 5.74) is 1.42. The fourth-order valence-electron chi connectivity index (χ4n) is 2.34. The van der Waals surface area contributed by atoms with Crippen molar-refractivity contribution in [3.05, 3.63) is 24.0 Å². The van der Waals surface area contributed by atoms with E-state index in [1.54, 1.807) is 25.5 Å². The Bertz CT molecular complexity index is 421. The Kier molecular flexibility index (Phi) is 4.15. The van der Waals surface area contributed by atoms with E-state index in [-0.39, 0.29) is 11.9 Å². The minimum Gasteiger partial charge on any atom is -0.386 e. The van der Waals surface area contributed by atoms with Gasteiger partial charge in [-0.2, -0.15) is 0 Å². The molecule has 0 aliphatic carbocycles. The third-order valence-corrected chi connectivity index (χ3v) is 3.29. The third-order valence-electron chi connectivity index (χ3n) is 3.29. The predicted octanol–water partition coefficient (Wildman–Crippen LogP) is 0.947. The fraction of sp³-hybridized carbons (Fsp3) is 0.538. The third kappa shape index (κ3) is 2.98. The summed E-state index contributed by atoms with van der Waals surface area (Å²) < 4.78 is 0. The van der Waals surface area contributed by atoms with Gasteiger partial charge < -0.3 is 15.5 Å². The van der Waals surface area contributed by atoms with Gasteiger partial charge in [0.25, 0.3) is 5.91 Å². The molecule has 98 valence electrons. The van der Waals surface area contributed by atoms with Crippen molar-refractivity contribution in [3.8, 4) is 0 Å². The molecule has 1 aliphatic rings. The lowest BCUT2D eigenvalue weighted by Gasteiger charge is -2.30. The molecule has 1 fully saturated rings. The van der Waals surface area contributed by atoms with E-state index in [0.29, 0.717) is 5.56 Å². The van der Waals surface area contributed by atoms with Crippen LogP contribution in [0.15, 0.2) is 18.5 Å². The first kappa shape index (κ1) is 12.8. The summed E-state index contributed by atoms with van der Waals surface area (Å²) in [5, 5.41) is 6.08. The van der Waals surface area contributed by atoms with E-state index >= 15 is 0 Å². The van der Waals surface area contributed by atoms with Crippen LogP contribution >= 0.6 is 0 Å². The number of piperidine rings is 1. The lowest BCUT2D eigenvalue weighted by molar-refractivity contribution is 0.0913. The Morgan fingerprint density at radius 2 is 2.39 bits per heavy atom. The quantitative estimate of drug-likeness (QED) is 0.836. The smallest absolute Gasteiger partial charge is 0.253 e. The van der Waals surface area contributed by atoms with Crippen molar-refractivity contribution in [1.82, 2.24) is 15.2 Å². The topological polar surface area (TPSA) is 57.3 Å². The molecule has 1 atom stereocenters. The number of pyridine rings is 1. The van der Waals surface area contributed by atoms with E-state index in [4.69, 9.17) is 0 Å². The van der Waals surface area contributed by atoms with Crippen molar-refractivity contribution >= 4 is 11.6 Å². The van der Waals surface area contributed by atoms with Crippen molar-refractivity contribution in [2.45, 2.75) is 18.9 Å². The summed E-state index contributed by atoms with van der Waals surface area (Å²) in [4.78, 5) is 18.5. The number of hydrogen-bond acceptors (Lipinski definition) is 4. The SMILES string of the molecule is CNc1cnccc1C(=O)NC1CCCN(C)C1. The second-order valence-corrected chi connectivity index (χ2v) is 4.75. The maximum Gasteiger partial charge on any atom is 0.253 e. The zero-order chi connectivity index (χ0) is 13.0. The Hall–Kier alpha value is -1.62. The maximum atomic E-state index is 12.2. The Morgan fingerprint density at radius 1 is 1.56 bits per heavy atom. The van der Waals surface area contributed by atoms with Gasteiger partial charge in [0, 0.05) is 25.8 Å². The summed E-state index contributed by atoms with van der Waals surface area (Å²) in [6.07, 6.45) is 5.50. The number of carbonyl (C=O) groups is 1. The van der Waals surface area contributed by atoms with Crippen LogP contribution in [0, 0.1) is 0 Å². The Morgan fingerprint density at radius 3 is 3.11 bits per heavy atom. The molecular weight excluding hydrogens is 228 g/mol. The number of hydrogen-bond donors (Lipinski definition) is 2. The standard InChI is InChI=1S/C13H20N4O/c1-14-12-8-15-6-5-11(12)13(18)16-10-4-3-7-17(2)9-10/h5-6,8,10,14H,3-4,7,9H2,1-2H3,(H,16,18).